The fourth-order valence-electron chi connectivity index (χ4n) is 1.30. The standard InChI is InChI=1S/C10H4BrFN2O/c11-7-2-1-5-3-6(4-13)10(15)14-9(5)8(7)12/h1-3H,(H,14,15). The molecule has 1 heterocycles. The Morgan fingerprint density at radius 2 is 2.20 bits per heavy atom. The third-order valence-corrected chi connectivity index (χ3v) is 2.64. The van der Waals surface area contributed by atoms with Crippen LogP contribution in [0.2, 0.25) is 0 Å². The lowest BCUT2D eigenvalue weighted by Crippen LogP contribution is -2.10. The third-order valence-electron chi connectivity index (χ3n) is 2.03. The van der Waals surface area contributed by atoms with Crippen molar-refractivity contribution in [2.24, 2.45) is 0 Å². The molecular weight excluding hydrogens is 263 g/mol. The summed E-state index contributed by atoms with van der Waals surface area (Å²) < 4.78 is 13.8. The first-order chi connectivity index (χ1) is 7.13. The fraction of sp³-hybridized carbons (Fsp3) is 0. The minimum atomic E-state index is -0.581. The zero-order valence-electron chi connectivity index (χ0n) is 7.34. The summed E-state index contributed by atoms with van der Waals surface area (Å²) in [7, 11) is 0. The van der Waals surface area contributed by atoms with E-state index in [0.717, 1.165) is 0 Å². The van der Waals surface area contributed by atoms with Crippen LogP contribution in [0.3, 0.4) is 0 Å². The van der Waals surface area contributed by atoms with Crippen LogP contribution < -0.4 is 5.56 Å². The van der Waals surface area contributed by atoms with Gasteiger partial charge in [0, 0.05) is 5.39 Å². The quantitative estimate of drug-likeness (QED) is 0.796. The Morgan fingerprint density at radius 1 is 1.47 bits per heavy atom. The average Bonchev–Trinajstić information content (AvgIpc) is 2.24. The van der Waals surface area contributed by atoms with E-state index in [1.807, 2.05) is 0 Å². The van der Waals surface area contributed by atoms with Crippen LogP contribution >= 0.6 is 15.9 Å². The molecule has 0 fully saturated rings. The monoisotopic (exact) mass is 266 g/mol. The summed E-state index contributed by atoms with van der Waals surface area (Å²) in [6, 6.07) is 6.26. The fourth-order valence-corrected chi connectivity index (χ4v) is 1.63. The summed E-state index contributed by atoms with van der Waals surface area (Å²) in [5.41, 5.74) is -0.500. The smallest absolute Gasteiger partial charge is 0.266 e. The zero-order chi connectivity index (χ0) is 11.0. The Morgan fingerprint density at radius 3 is 2.87 bits per heavy atom. The lowest BCUT2D eigenvalue weighted by Gasteiger charge is -2.01. The van der Waals surface area contributed by atoms with Gasteiger partial charge in [-0.1, -0.05) is 6.07 Å². The first-order valence-electron chi connectivity index (χ1n) is 4.04. The Labute approximate surface area is 92.3 Å². The average molecular weight is 267 g/mol. The molecule has 0 bridgehead atoms. The second-order valence-electron chi connectivity index (χ2n) is 2.95. The number of H-pyrrole nitrogens is 1. The summed E-state index contributed by atoms with van der Waals surface area (Å²) >= 11 is 3.01. The number of hydrogen-bond donors (Lipinski definition) is 1. The molecule has 0 radical (unpaired) electrons. The van der Waals surface area contributed by atoms with Crippen LogP contribution in [0.15, 0.2) is 27.5 Å². The molecule has 74 valence electrons. The van der Waals surface area contributed by atoms with Gasteiger partial charge in [-0.25, -0.2) is 4.39 Å². The van der Waals surface area contributed by atoms with Gasteiger partial charge < -0.3 is 4.98 Å². The minimum absolute atomic E-state index is 0.0239. The van der Waals surface area contributed by atoms with Crippen molar-refractivity contribution in [3.8, 4) is 6.07 Å². The number of hydrogen-bond acceptors (Lipinski definition) is 2. The molecule has 0 saturated carbocycles. The number of pyridine rings is 1. The van der Waals surface area contributed by atoms with Crippen molar-refractivity contribution in [3.63, 3.8) is 0 Å². The number of nitriles is 1. The van der Waals surface area contributed by atoms with Crippen molar-refractivity contribution in [1.82, 2.24) is 4.98 Å². The van der Waals surface area contributed by atoms with Crippen molar-refractivity contribution in [2.75, 3.05) is 0 Å². The number of aromatic amines is 1. The van der Waals surface area contributed by atoms with Crippen LogP contribution in [0, 0.1) is 17.1 Å². The van der Waals surface area contributed by atoms with Crippen LogP contribution in [0.4, 0.5) is 4.39 Å². The van der Waals surface area contributed by atoms with Crippen LogP contribution in [0.1, 0.15) is 5.56 Å². The SMILES string of the molecule is N#Cc1cc2ccc(Br)c(F)c2[nH]c1=O. The van der Waals surface area contributed by atoms with Crippen molar-refractivity contribution in [1.29, 1.82) is 5.26 Å². The van der Waals surface area contributed by atoms with Gasteiger partial charge >= 0.3 is 0 Å². The summed E-state index contributed by atoms with van der Waals surface area (Å²) in [5, 5.41) is 9.12. The van der Waals surface area contributed by atoms with E-state index in [4.69, 9.17) is 5.26 Å². The maximum absolute atomic E-state index is 13.5. The highest BCUT2D eigenvalue weighted by Gasteiger charge is 2.08. The highest BCUT2D eigenvalue weighted by Crippen LogP contribution is 2.22. The van der Waals surface area contributed by atoms with Crippen molar-refractivity contribution >= 4 is 26.8 Å². The predicted molar refractivity (Wildman–Crippen MR) is 56.9 cm³/mol. The van der Waals surface area contributed by atoms with Gasteiger partial charge in [0.25, 0.3) is 5.56 Å². The number of rotatable bonds is 0. The Kier molecular flexibility index (Phi) is 2.29. The summed E-state index contributed by atoms with van der Waals surface area (Å²) in [6.45, 7) is 0. The topological polar surface area (TPSA) is 56.6 Å². The molecular formula is C10H4BrFN2O. The molecule has 0 spiro atoms. The Bertz CT molecular complexity index is 642. The summed E-state index contributed by atoms with van der Waals surface area (Å²) in [5.74, 6) is -0.533. The van der Waals surface area contributed by atoms with Gasteiger partial charge in [-0.15, -0.1) is 0 Å². The molecule has 0 aliphatic carbocycles. The second-order valence-corrected chi connectivity index (χ2v) is 3.80. The molecule has 1 N–H and O–H groups in total. The van der Waals surface area contributed by atoms with E-state index in [2.05, 4.69) is 20.9 Å². The van der Waals surface area contributed by atoms with Gasteiger partial charge in [0.15, 0.2) is 5.82 Å². The first-order valence-corrected chi connectivity index (χ1v) is 4.84. The van der Waals surface area contributed by atoms with Gasteiger partial charge in [-0.2, -0.15) is 5.26 Å². The van der Waals surface area contributed by atoms with Crippen LogP contribution in [-0.2, 0) is 0 Å². The van der Waals surface area contributed by atoms with Gasteiger partial charge in [0.05, 0.1) is 9.99 Å². The molecule has 2 aromatic rings. The number of fused-ring (bicyclic) bond motifs is 1. The molecule has 1 aromatic carbocycles. The Hall–Kier alpha value is -1.67. The highest BCUT2D eigenvalue weighted by molar-refractivity contribution is 9.10. The summed E-state index contributed by atoms with van der Waals surface area (Å²) in [6.07, 6.45) is 0. The molecule has 0 aliphatic heterocycles. The first kappa shape index (κ1) is 9.87. The largest absolute Gasteiger partial charge is 0.318 e. The Balaban J connectivity index is 2.95. The molecule has 3 nitrogen and oxygen atoms in total. The van der Waals surface area contributed by atoms with Gasteiger partial charge in [-0.3, -0.25) is 4.79 Å². The second kappa shape index (κ2) is 3.48. The predicted octanol–water partition coefficient (Wildman–Crippen LogP) is 2.30. The zero-order valence-corrected chi connectivity index (χ0v) is 8.93. The summed E-state index contributed by atoms with van der Waals surface area (Å²) in [4.78, 5) is 13.6. The minimum Gasteiger partial charge on any atom is -0.318 e. The number of nitrogens with zero attached hydrogens (tertiary/aromatic N) is 1. The van der Waals surface area contributed by atoms with Crippen LogP contribution in [-0.4, -0.2) is 4.98 Å². The number of aromatic nitrogens is 1. The molecule has 0 atom stereocenters. The van der Waals surface area contributed by atoms with Gasteiger partial charge in [-0.05, 0) is 28.1 Å². The number of nitrogens with one attached hydrogen (secondary N) is 1. The molecule has 2 rings (SSSR count). The molecule has 0 amide bonds. The van der Waals surface area contributed by atoms with E-state index < -0.39 is 11.4 Å². The van der Waals surface area contributed by atoms with E-state index in [1.165, 1.54) is 12.1 Å². The molecule has 0 unspecified atom stereocenters. The van der Waals surface area contributed by atoms with E-state index in [9.17, 15) is 9.18 Å². The molecule has 5 heteroatoms. The van der Waals surface area contributed by atoms with Crippen LogP contribution in [0.5, 0.6) is 0 Å². The highest BCUT2D eigenvalue weighted by atomic mass is 79.9. The number of halogens is 2. The number of benzene rings is 1. The lowest BCUT2D eigenvalue weighted by molar-refractivity contribution is 0.630. The van der Waals surface area contributed by atoms with Gasteiger partial charge in [0.2, 0.25) is 0 Å². The van der Waals surface area contributed by atoms with Crippen molar-refractivity contribution in [2.45, 2.75) is 0 Å². The normalized spacial score (nSPS) is 10.2. The van der Waals surface area contributed by atoms with E-state index in [0.29, 0.717) is 5.39 Å². The molecule has 15 heavy (non-hydrogen) atoms. The maximum Gasteiger partial charge on any atom is 0.266 e. The van der Waals surface area contributed by atoms with Gasteiger partial charge in [0.1, 0.15) is 11.6 Å². The lowest BCUT2D eigenvalue weighted by atomic mass is 10.1. The van der Waals surface area contributed by atoms with Crippen molar-refractivity contribution < 1.29 is 4.39 Å². The van der Waals surface area contributed by atoms with Crippen molar-refractivity contribution in [3.05, 3.63) is 44.4 Å². The molecule has 0 saturated heterocycles. The van der Waals surface area contributed by atoms with E-state index >= 15 is 0 Å². The molecule has 0 aliphatic rings. The van der Waals surface area contributed by atoms with E-state index in [-0.39, 0.29) is 15.6 Å². The van der Waals surface area contributed by atoms with Crippen LogP contribution in [0.25, 0.3) is 10.9 Å². The molecule has 1 aromatic heterocycles. The third kappa shape index (κ3) is 1.53. The van der Waals surface area contributed by atoms with E-state index in [1.54, 1.807) is 12.1 Å². The maximum atomic E-state index is 13.5.